The Morgan fingerprint density at radius 3 is 1.83 bits per heavy atom. The van der Waals surface area contributed by atoms with Crippen LogP contribution in [-0.2, 0) is 0 Å². The standard InChI is InChI=1S/C11H20N/c1-5-8-11-12(4,9-6-2)10-7-3/h5-7H,1-3,8-11H2,4H3/q+1. The Balaban J connectivity index is 4.04. The molecule has 0 aliphatic carbocycles. The number of nitrogens with zero attached hydrogens (tertiary/aromatic N) is 1. The number of hydrogen-bond donors (Lipinski definition) is 0. The molecule has 1 nitrogen and oxygen atoms in total. The lowest BCUT2D eigenvalue weighted by Gasteiger charge is -2.32. The van der Waals surface area contributed by atoms with Gasteiger partial charge in [-0.15, -0.1) is 6.58 Å². The Hall–Kier alpha value is -0.820. The largest absolute Gasteiger partial charge is 0.319 e. The zero-order chi connectivity index (χ0) is 9.45. The molecule has 12 heavy (non-hydrogen) atoms. The zero-order valence-electron chi connectivity index (χ0n) is 8.13. The van der Waals surface area contributed by atoms with Crippen molar-refractivity contribution < 1.29 is 4.48 Å². The first-order valence-corrected chi connectivity index (χ1v) is 4.35. The maximum absolute atomic E-state index is 3.76. The van der Waals surface area contributed by atoms with Crippen LogP contribution < -0.4 is 0 Å². The molecule has 0 saturated carbocycles. The number of likely N-dealkylation sites (N-methyl/N-ethyl adjacent to an activating group) is 1. The molecular weight excluding hydrogens is 146 g/mol. The van der Waals surface area contributed by atoms with E-state index in [-0.39, 0.29) is 0 Å². The van der Waals surface area contributed by atoms with Crippen LogP contribution in [0, 0.1) is 0 Å². The highest BCUT2D eigenvalue weighted by atomic mass is 15.3. The molecular formula is C11H20N+. The SMILES string of the molecule is C=CCC[N+](C)(CC=C)CC=C. The average Bonchev–Trinajstić information content (AvgIpc) is 2.02. The van der Waals surface area contributed by atoms with Crippen molar-refractivity contribution in [1.29, 1.82) is 0 Å². The van der Waals surface area contributed by atoms with Gasteiger partial charge in [0.25, 0.3) is 0 Å². The van der Waals surface area contributed by atoms with E-state index >= 15 is 0 Å². The quantitative estimate of drug-likeness (QED) is 0.402. The summed E-state index contributed by atoms with van der Waals surface area (Å²) in [5.41, 5.74) is 0. The van der Waals surface area contributed by atoms with Gasteiger partial charge in [-0.25, -0.2) is 0 Å². The van der Waals surface area contributed by atoms with Gasteiger partial charge < -0.3 is 4.48 Å². The van der Waals surface area contributed by atoms with Crippen LogP contribution in [0.15, 0.2) is 38.0 Å². The van der Waals surface area contributed by atoms with Crippen LogP contribution in [0.5, 0.6) is 0 Å². The third-order valence-corrected chi connectivity index (χ3v) is 2.01. The predicted octanol–water partition coefficient (Wildman–Crippen LogP) is 2.38. The summed E-state index contributed by atoms with van der Waals surface area (Å²) in [4.78, 5) is 0. The molecule has 0 rings (SSSR count). The molecule has 0 aliphatic rings. The molecule has 0 heterocycles. The van der Waals surface area contributed by atoms with Gasteiger partial charge in [-0.05, 0) is 12.2 Å². The summed E-state index contributed by atoms with van der Waals surface area (Å²) in [6, 6.07) is 0. The normalized spacial score (nSPS) is 10.8. The molecule has 0 saturated heterocycles. The van der Waals surface area contributed by atoms with Crippen molar-refractivity contribution in [2.75, 3.05) is 26.7 Å². The van der Waals surface area contributed by atoms with E-state index in [9.17, 15) is 0 Å². The fourth-order valence-corrected chi connectivity index (χ4v) is 1.28. The first kappa shape index (κ1) is 11.2. The van der Waals surface area contributed by atoms with Crippen molar-refractivity contribution in [2.24, 2.45) is 0 Å². The molecule has 0 radical (unpaired) electrons. The fraction of sp³-hybridized carbons (Fsp3) is 0.455. The van der Waals surface area contributed by atoms with Crippen molar-refractivity contribution >= 4 is 0 Å². The average molecular weight is 166 g/mol. The van der Waals surface area contributed by atoms with Gasteiger partial charge in [0.15, 0.2) is 0 Å². The second kappa shape index (κ2) is 5.78. The minimum atomic E-state index is 0.985. The lowest BCUT2D eigenvalue weighted by molar-refractivity contribution is -0.897. The molecule has 0 unspecified atom stereocenters. The first-order chi connectivity index (χ1) is 5.68. The Kier molecular flexibility index (Phi) is 5.39. The molecule has 0 aliphatic heterocycles. The highest BCUT2D eigenvalue weighted by Gasteiger charge is 2.15. The monoisotopic (exact) mass is 166 g/mol. The minimum absolute atomic E-state index is 0.985. The van der Waals surface area contributed by atoms with E-state index in [0.717, 1.165) is 30.5 Å². The van der Waals surface area contributed by atoms with E-state index in [1.54, 1.807) is 0 Å². The maximum Gasteiger partial charge on any atom is 0.0971 e. The molecule has 0 aromatic heterocycles. The van der Waals surface area contributed by atoms with E-state index in [4.69, 9.17) is 0 Å². The molecule has 0 atom stereocenters. The van der Waals surface area contributed by atoms with Crippen LogP contribution in [0.4, 0.5) is 0 Å². The molecule has 0 spiro atoms. The molecule has 0 amide bonds. The van der Waals surface area contributed by atoms with Gasteiger partial charge in [-0.2, -0.15) is 0 Å². The molecule has 0 bridgehead atoms. The summed E-state index contributed by atoms with van der Waals surface area (Å²) in [6.07, 6.45) is 6.94. The second-order valence-electron chi connectivity index (χ2n) is 3.36. The Bertz CT molecular complexity index is 148. The summed E-state index contributed by atoms with van der Waals surface area (Å²) in [7, 11) is 2.22. The fourth-order valence-electron chi connectivity index (χ4n) is 1.28. The summed E-state index contributed by atoms with van der Waals surface area (Å²) >= 11 is 0. The van der Waals surface area contributed by atoms with Crippen molar-refractivity contribution in [3.8, 4) is 0 Å². The lowest BCUT2D eigenvalue weighted by atomic mass is 10.3. The summed E-state index contributed by atoms with van der Waals surface area (Å²) in [6.45, 7) is 14.4. The molecule has 68 valence electrons. The number of hydrogen-bond acceptors (Lipinski definition) is 0. The van der Waals surface area contributed by atoms with Crippen LogP contribution in [-0.4, -0.2) is 31.2 Å². The topological polar surface area (TPSA) is 0 Å². The molecule has 0 aromatic rings. The van der Waals surface area contributed by atoms with Crippen molar-refractivity contribution in [3.63, 3.8) is 0 Å². The van der Waals surface area contributed by atoms with Gasteiger partial charge in [-0.3, -0.25) is 0 Å². The van der Waals surface area contributed by atoms with Gasteiger partial charge in [0, 0.05) is 6.42 Å². The second-order valence-corrected chi connectivity index (χ2v) is 3.36. The van der Waals surface area contributed by atoms with E-state index in [2.05, 4.69) is 26.8 Å². The summed E-state index contributed by atoms with van der Waals surface area (Å²) in [5.74, 6) is 0. The van der Waals surface area contributed by atoms with Crippen molar-refractivity contribution in [1.82, 2.24) is 0 Å². The number of rotatable bonds is 7. The molecule has 1 heteroatoms. The number of quaternary nitrogens is 1. The van der Waals surface area contributed by atoms with Crippen LogP contribution in [0.1, 0.15) is 6.42 Å². The van der Waals surface area contributed by atoms with Gasteiger partial charge in [0.2, 0.25) is 0 Å². The van der Waals surface area contributed by atoms with E-state index < -0.39 is 0 Å². The zero-order valence-corrected chi connectivity index (χ0v) is 8.13. The minimum Gasteiger partial charge on any atom is -0.319 e. The predicted molar refractivity (Wildman–Crippen MR) is 56.0 cm³/mol. The van der Waals surface area contributed by atoms with Gasteiger partial charge in [0.1, 0.15) is 0 Å². The molecule has 0 N–H and O–H groups in total. The van der Waals surface area contributed by atoms with E-state index in [1.807, 2.05) is 18.2 Å². The Labute approximate surface area is 76.3 Å². The van der Waals surface area contributed by atoms with Crippen molar-refractivity contribution in [3.05, 3.63) is 38.0 Å². The highest BCUT2D eigenvalue weighted by Crippen LogP contribution is 2.04. The lowest BCUT2D eigenvalue weighted by Crippen LogP contribution is -2.44. The van der Waals surface area contributed by atoms with Crippen molar-refractivity contribution in [2.45, 2.75) is 6.42 Å². The maximum atomic E-state index is 3.76. The van der Waals surface area contributed by atoms with E-state index in [1.165, 1.54) is 0 Å². The van der Waals surface area contributed by atoms with Crippen LogP contribution in [0.2, 0.25) is 0 Å². The highest BCUT2D eigenvalue weighted by molar-refractivity contribution is 4.73. The summed E-state index contributed by atoms with van der Waals surface area (Å²) in [5, 5.41) is 0. The first-order valence-electron chi connectivity index (χ1n) is 4.35. The van der Waals surface area contributed by atoms with Gasteiger partial charge in [-0.1, -0.05) is 19.2 Å². The van der Waals surface area contributed by atoms with Gasteiger partial charge in [0.05, 0.1) is 26.7 Å². The summed E-state index contributed by atoms with van der Waals surface area (Å²) < 4.78 is 0.985. The van der Waals surface area contributed by atoms with E-state index in [0.29, 0.717) is 0 Å². The Morgan fingerprint density at radius 2 is 1.50 bits per heavy atom. The Morgan fingerprint density at radius 1 is 1.00 bits per heavy atom. The third-order valence-electron chi connectivity index (χ3n) is 2.01. The van der Waals surface area contributed by atoms with Crippen LogP contribution >= 0.6 is 0 Å². The van der Waals surface area contributed by atoms with Gasteiger partial charge >= 0.3 is 0 Å². The molecule has 0 aromatic carbocycles. The smallest absolute Gasteiger partial charge is 0.0971 e. The van der Waals surface area contributed by atoms with Crippen LogP contribution in [0.25, 0.3) is 0 Å². The molecule has 0 fully saturated rings. The van der Waals surface area contributed by atoms with Crippen LogP contribution in [0.3, 0.4) is 0 Å². The third kappa shape index (κ3) is 4.14.